The minimum Gasteiger partial charge on any atom is -0.480 e. The van der Waals surface area contributed by atoms with Crippen LogP contribution >= 0.6 is 0 Å². The number of aliphatic carboxylic acids is 1. The monoisotopic (exact) mass is 244 g/mol. The van der Waals surface area contributed by atoms with Gasteiger partial charge >= 0.3 is 11.9 Å². The molecular formula is C10H16N2O5. The second-order valence-corrected chi connectivity index (χ2v) is 4.03. The van der Waals surface area contributed by atoms with E-state index in [9.17, 15) is 14.4 Å². The van der Waals surface area contributed by atoms with Crippen LogP contribution in [0.15, 0.2) is 0 Å². The molecule has 0 spiro atoms. The van der Waals surface area contributed by atoms with Gasteiger partial charge in [0.2, 0.25) is 5.91 Å². The van der Waals surface area contributed by atoms with Crippen molar-refractivity contribution in [1.29, 1.82) is 0 Å². The summed E-state index contributed by atoms with van der Waals surface area (Å²) >= 11 is 0. The van der Waals surface area contributed by atoms with Crippen molar-refractivity contribution >= 4 is 17.8 Å². The van der Waals surface area contributed by atoms with Crippen LogP contribution in [0.5, 0.6) is 0 Å². The van der Waals surface area contributed by atoms with Gasteiger partial charge in [-0.25, -0.2) is 0 Å². The first-order chi connectivity index (χ1) is 7.88. The van der Waals surface area contributed by atoms with Gasteiger partial charge in [-0.2, -0.15) is 0 Å². The lowest BCUT2D eigenvalue weighted by atomic mass is 10.0. The molecule has 7 nitrogen and oxygen atoms in total. The molecule has 7 heteroatoms. The number of carbonyl (C=O) groups excluding carboxylic acids is 2. The fourth-order valence-electron chi connectivity index (χ4n) is 2.08. The van der Waals surface area contributed by atoms with Crippen molar-refractivity contribution in [3.05, 3.63) is 0 Å². The summed E-state index contributed by atoms with van der Waals surface area (Å²) in [6.07, 6.45) is -0.509. The Morgan fingerprint density at radius 1 is 1.41 bits per heavy atom. The molecule has 1 fully saturated rings. The van der Waals surface area contributed by atoms with Crippen LogP contribution < -0.4 is 5.32 Å². The number of hydrogen-bond donors (Lipinski definition) is 2. The molecule has 0 aliphatic carbocycles. The maximum atomic E-state index is 11.5. The highest BCUT2D eigenvalue weighted by Gasteiger charge is 2.46. The second-order valence-electron chi connectivity index (χ2n) is 4.03. The molecule has 1 aliphatic heterocycles. The van der Waals surface area contributed by atoms with E-state index in [2.05, 4.69) is 10.1 Å². The first-order valence-electron chi connectivity index (χ1n) is 5.18. The lowest BCUT2D eigenvalue weighted by Gasteiger charge is -2.25. The summed E-state index contributed by atoms with van der Waals surface area (Å²) in [5.74, 6) is -2.51. The van der Waals surface area contributed by atoms with Crippen LogP contribution in [-0.4, -0.2) is 54.2 Å². The fraction of sp³-hybridized carbons (Fsp3) is 0.700. The van der Waals surface area contributed by atoms with E-state index in [0.717, 1.165) is 0 Å². The Labute approximate surface area is 98.7 Å². The van der Waals surface area contributed by atoms with E-state index >= 15 is 0 Å². The molecule has 0 aromatic heterocycles. The van der Waals surface area contributed by atoms with Crippen molar-refractivity contribution < 1.29 is 24.2 Å². The summed E-state index contributed by atoms with van der Waals surface area (Å²) in [5.41, 5.74) is 0. The number of ether oxygens (including phenoxy) is 1. The normalized spacial score (nSPS) is 28.8. The molecule has 17 heavy (non-hydrogen) atoms. The fourth-order valence-corrected chi connectivity index (χ4v) is 2.08. The summed E-state index contributed by atoms with van der Waals surface area (Å²) in [6, 6.07) is -0.795. The topological polar surface area (TPSA) is 95.9 Å². The zero-order valence-electron chi connectivity index (χ0n) is 9.97. The van der Waals surface area contributed by atoms with Crippen LogP contribution in [0, 0.1) is 5.92 Å². The average Bonchev–Trinajstić information content (AvgIpc) is 2.55. The number of amides is 1. The summed E-state index contributed by atoms with van der Waals surface area (Å²) in [7, 11) is 2.80. The SMILES string of the molecule is COC(=O)[C@@H]1C[C@H](C(=O)O)N(C)[C@H]1NC(C)=O. The maximum Gasteiger partial charge on any atom is 0.321 e. The zero-order chi connectivity index (χ0) is 13.2. The molecule has 3 atom stereocenters. The van der Waals surface area contributed by atoms with Crippen molar-refractivity contribution in [2.24, 2.45) is 5.92 Å². The summed E-state index contributed by atoms with van der Waals surface area (Å²) in [6.45, 7) is 1.32. The van der Waals surface area contributed by atoms with Gasteiger partial charge in [0.1, 0.15) is 6.04 Å². The van der Waals surface area contributed by atoms with Gasteiger partial charge in [0.15, 0.2) is 0 Å². The van der Waals surface area contributed by atoms with Gasteiger partial charge in [0.05, 0.1) is 19.2 Å². The molecule has 1 aliphatic rings. The molecule has 0 saturated carbocycles. The van der Waals surface area contributed by atoms with E-state index in [4.69, 9.17) is 5.11 Å². The number of esters is 1. The average molecular weight is 244 g/mol. The van der Waals surface area contributed by atoms with Crippen LogP contribution in [0.25, 0.3) is 0 Å². The first-order valence-corrected chi connectivity index (χ1v) is 5.18. The van der Waals surface area contributed by atoms with Gasteiger partial charge in [0, 0.05) is 6.92 Å². The molecule has 0 radical (unpaired) electrons. The predicted molar refractivity (Wildman–Crippen MR) is 56.9 cm³/mol. The van der Waals surface area contributed by atoms with E-state index in [0.29, 0.717) is 0 Å². The third kappa shape index (κ3) is 2.73. The molecule has 0 bridgehead atoms. The number of likely N-dealkylation sites (tertiary alicyclic amines) is 1. The van der Waals surface area contributed by atoms with Crippen molar-refractivity contribution in [3.63, 3.8) is 0 Å². The number of carbonyl (C=O) groups is 3. The van der Waals surface area contributed by atoms with Gasteiger partial charge in [-0.05, 0) is 13.5 Å². The Bertz CT molecular complexity index is 344. The van der Waals surface area contributed by atoms with Crippen LogP contribution in [0.2, 0.25) is 0 Å². The number of nitrogens with zero attached hydrogens (tertiary/aromatic N) is 1. The summed E-state index contributed by atoms with van der Waals surface area (Å²) < 4.78 is 4.61. The third-order valence-electron chi connectivity index (χ3n) is 2.93. The van der Waals surface area contributed by atoms with Crippen molar-refractivity contribution in [2.45, 2.75) is 25.6 Å². The van der Waals surface area contributed by atoms with Gasteiger partial charge in [-0.1, -0.05) is 0 Å². The molecule has 2 N–H and O–H groups in total. The number of hydrogen-bond acceptors (Lipinski definition) is 5. The number of carboxylic acids is 1. The number of rotatable bonds is 3. The standard InChI is InChI=1S/C10H16N2O5/c1-5(13)11-8-6(10(16)17-3)4-7(9(14)15)12(8)2/h6-8H,4H2,1-3H3,(H,11,13)(H,14,15)/t6-,7-,8-/m1/s1. The molecule has 1 rings (SSSR count). The number of methoxy groups -OCH3 is 1. The largest absolute Gasteiger partial charge is 0.480 e. The lowest BCUT2D eigenvalue weighted by molar-refractivity contribution is -0.147. The Morgan fingerprint density at radius 3 is 2.41 bits per heavy atom. The van der Waals surface area contributed by atoms with Crippen LogP contribution in [0.1, 0.15) is 13.3 Å². The first kappa shape index (κ1) is 13.4. The number of nitrogens with one attached hydrogen (secondary N) is 1. The predicted octanol–water partition coefficient (Wildman–Crippen LogP) is -0.973. The Hall–Kier alpha value is -1.63. The molecule has 96 valence electrons. The summed E-state index contributed by atoms with van der Waals surface area (Å²) in [5, 5.41) is 11.6. The van der Waals surface area contributed by atoms with Gasteiger partial charge in [0.25, 0.3) is 0 Å². The van der Waals surface area contributed by atoms with Crippen LogP contribution in [-0.2, 0) is 19.1 Å². The molecule has 0 aromatic carbocycles. The van der Waals surface area contributed by atoms with Crippen molar-refractivity contribution in [3.8, 4) is 0 Å². The van der Waals surface area contributed by atoms with Gasteiger partial charge in [-0.15, -0.1) is 0 Å². The summed E-state index contributed by atoms with van der Waals surface area (Å²) in [4.78, 5) is 35.0. The molecule has 1 saturated heterocycles. The second kappa shape index (κ2) is 5.13. The lowest BCUT2D eigenvalue weighted by Crippen LogP contribution is -2.49. The van der Waals surface area contributed by atoms with Crippen molar-refractivity contribution in [1.82, 2.24) is 10.2 Å². The molecule has 0 aromatic rings. The third-order valence-corrected chi connectivity index (χ3v) is 2.93. The minimum absolute atomic E-state index is 0.128. The van der Waals surface area contributed by atoms with E-state index < -0.39 is 30.1 Å². The Morgan fingerprint density at radius 2 is 2.00 bits per heavy atom. The Kier molecular flexibility index (Phi) is 4.06. The molecular weight excluding hydrogens is 228 g/mol. The van der Waals surface area contributed by atoms with Crippen LogP contribution in [0.3, 0.4) is 0 Å². The van der Waals surface area contributed by atoms with Crippen LogP contribution in [0.4, 0.5) is 0 Å². The smallest absolute Gasteiger partial charge is 0.321 e. The van der Waals surface area contributed by atoms with E-state index in [1.165, 1.54) is 18.9 Å². The zero-order valence-corrected chi connectivity index (χ0v) is 9.97. The quantitative estimate of drug-likeness (QED) is 0.620. The van der Waals surface area contributed by atoms with Gasteiger partial charge < -0.3 is 15.2 Å². The van der Waals surface area contributed by atoms with E-state index in [1.54, 1.807) is 7.05 Å². The molecule has 0 unspecified atom stereocenters. The highest BCUT2D eigenvalue weighted by Crippen LogP contribution is 2.28. The molecule has 1 amide bonds. The van der Waals surface area contributed by atoms with Crippen molar-refractivity contribution in [2.75, 3.05) is 14.2 Å². The number of likely N-dealkylation sites (N-methyl/N-ethyl adjacent to an activating group) is 1. The highest BCUT2D eigenvalue weighted by molar-refractivity contribution is 5.81. The van der Waals surface area contributed by atoms with E-state index in [-0.39, 0.29) is 12.3 Å². The van der Waals surface area contributed by atoms with Gasteiger partial charge in [-0.3, -0.25) is 19.3 Å². The minimum atomic E-state index is -1.02. The Balaban J connectivity index is 2.90. The molecule has 1 heterocycles. The highest BCUT2D eigenvalue weighted by atomic mass is 16.5. The maximum absolute atomic E-state index is 11.5. The number of carboxylic acid groups (broad SMARTS) is 1. The van der Waals surface area contributed by atoms with E-state index in [1.807, 2.05) is 0 Å².